The molecule has 0 saturated carbocycles. The minimum atomic E-state index is -0.482. The molecule has 0 spiro atoms. The second-order valence-electron chi connectivity index (χ2n) is 13.3. The molecule has 0 amide bonds. The van der Waals surface area contributed by atoms with Crippen molar-refractivity contribution >= 4 is 5.97 Å². The number of carbonyl (C=O) groups is 1. The summed E-state index contributed by atoms with van der Waals surface area (Å²) in [6.07, 6.45) is 23.2. The maximum absolute atomic E-state index is 11.7. The minimum Gasteiger partial charge on any atom is -0.455 e. The summed E-state index contributed by atoms with van der Waals surface area (Å²) in [7, 11) is 0. The van der Waals surface area contributed by atoms with E-state index in [-0.39, 0.29) is 42.6 Å². The van der Waals surface area contributed by atoms with Crippen molar-refractivity contribution in [3.8, 4) is 0 Å². The summed E-state index contributed by atoms with van der Waals surface area (Å²) in [4.78, 5) is 11.7. The van der Waals surface area contributed by atoms with Crippen LogP contribution in [0.1, 0.15) is 155 Å². The van der Waals surface area contributed by atoms with Crippen LogP contribution in [-0.2, 0) is 19.0 Å². The Morgan fingerprint density at radius 2 is 1.14 bits per heavy atom. The van der Waals surface area contributed by atoms with Crippen LogP contribution in [0.3, 0.4) is 0 Å². The van der Waals surface area contributed by atoms with Crippen molar-refractivity contribution in [1.29, 1.82) is 0 Å². The Bertz CT molecular complexity index is 770. The lowest BCUT2D eigenvalue weighted by molar-refractivity contribution is -0.139. The third-order valence-electron chi connectivity index (χ3n) is 9.53. The largest absolute Gasteiger partial charge is 0.455 e. The number of hydrogen-bond donors (Lipinski definition) is 3. The highest BCUT2D eigenvalue weighted by molar-refractivity contribution is 5.90. The molecule has 3 rings (SSSR count). The number of aliphatic hydroxyl groups excluding tert-OH is 3. The van der Waals surface area contributed by atoms with Gasteiger partial charge in [0, 0.05) is 12.0 Å². The van der Waals surface area contributed by atoms with Crippen LogP contribution in [0.5, 0.6) is 0 Å². The highest BCUT2D eigenvalue weighted by Gasteiger charge is 2.40. The van der Waals surface area contributed by atoms with Crippen LogP contribution in [-0.4, -0.2) is 70.1 Å². The molecule has 7 heteroatoms. The normalized spacial score (nSPS) is 28.2. The van der Waals surface area contributed by atoms with Gasteiger partial charge in [0.15, 0.2) is 0 Å². The van der Waals surface area contributed by atoms with Crippen molar-refractivity contribution in [3.63, 3.8) is 0 Å². The maximum Gasteiger partial charge on any atom is 0.334 e. The Labute approximate surface area is 255 Å². The number of esters is 1. The van der Waals surface area contributed by atoms with Crippen molar-refractivity contribution in [2.75, 3.05) is 0 Å². The summed E-state index contributed by atoms with van der Waals surface area (Å²) in [5.41, 5.74) is 0.606. The van der Waals surface area contributed by atoms with Crippen molar-refractivity contribution in [2.24, 2.45) is 0 Å². The molecule has 2 fully saturated rings. The van der Waals surface area contributed by atoms with E-state index in [0.29, 0.717) is 18.4 Å². The highest BCUT2D eigenvalue weighted by atomic mass is 16.6. The average molecular weight is 595 g/mol. The summed E-state index contributed by atoms with van der Waals surface area (Å²) in [5, 5.41) is 31.6. The Morgan fingerprint density at radius 3 is 1.60 bits per heavy atom. The van der Waals surface area contributed by atoms with E-state index < -0.39 is 12.2 Å². The predicted molar refractivity (Wildman–Crippen MR) is 166 cm³/mol. The zero-order valence-electron chi connectivity index (χ0n) is 26.7. The van der Waals surface area contributed by atoms with Crippen LogP contribution >= 0.6 is 0 Å². The molecule has 0 radical (unpaired) electrons. The first-order valence-electron chi connectivity index (χ1n) is 17.6. The van der Waals surface area contributed by atoms with Crippen LogP contribution in [0.25, 0.3) is 0 Å². The van der Waals surface area contributed by atoms with Gasteiger partial charge in [-0.15, -0.1) is 0 Å². The fraction of sp³-hybridized carbons (Fsp3) is 0.914. The molecule has 0 aromatic heterocycles. The zero-order valence-corrected chi connectivity index (χ0v) is 26.7. The number of hydrogen-bond acceptors (Lipinski definition) is 7. The molecule has 0 aromatic carbocycles. The Kier molecular flexibility index (Phi) is 17.0. The molecular formula is C35H62O7. The van der Waals surface area contributed by atoms with Gasteiger partial charge in [0.05, 0.1) is 42.7 Å². The number of ether oxygens (including phenoxy) is 3. The Morgan fingerprint density at radius 1 is 0.690 bits per heavy atom. The lowest BCUT2D eigenvalue weighted by Crippen LogP contribution is -2.33. The van der Waals surface area contributed by atoms with Crippen LogP contribution in [0.4, 0.5) is 0 Å². The molecule has 0 aromatic rings. The molecule has 2 saturated heterocycles. The van der Waals surface area contributed by atoms with Gasteiger partial charge in [-0.2, -0.15) is 0 Å². The van der Waals surface area contributed by atoms with Gasteiger partial charge in [0.2, 0.25) is 0 Å². The molecule has 3 aliphatic heterocycles. The summed E-state index contributed by atoms with van der Waals surface area (Å²) in [6, 6.07) is 0. The van der Waals surface area contributed by atoms with Gasteiger partial charge >= 0.3 is 5.97 Å². The van der Waals surface area contributed by atoms with E-state index in [1.165, 1.54) is 44.9 Å². The molecule has 0 aliphatic carbocycles. The first kappa shape index (κ1) is 35.5. The van der Waals surface area contributed by atoms with E-state index in [9.17, 15) is 20.1 Å². The van der Waals surface area contributed by atoms with Gasteiger partial charge in [0.25, 0.3) is 0 Å². The Hall–Kier alpha value is -0.990. The minimum absolute atomic E-state index is 0.0410. The number of unbranched alkanes of at least 4 members (excludes halogenated alkanes) is 12. The SMILES string of the molecule is CCCCCCCCCCC(O)C1CCC(C2CCC(C(O)CCCCCCCC[C@H](O)CC3=C[C@@H](C)OC3=O)O2)O1. The molecule has 244 valence electrons. The van der Waals surface area contributed by atoms with Crippen LogP contribution in [0.15, 0.2) is 11.6 Å². The lowest BCUT2D eigenvalue weighted by atomic mass is 10.00. The van der Waals surface area contributed by atoms with Crippen molar-refractivity contribution in [2.45, 2.75) is 204 Å². The second kappa shape index (κ2) is 20.1. The van der Waals surface area contributed by atoms with E-state index >= 15 is 0 Å². The third kappa shape index (κ3) is 12.9. The molecular weight excluding hydrogens is 532 g/mol. The topological polar surface area (TPSA) is 105 Å². The lowest BCUT2D eigenvalue weighted by Gasteiger charge is -2.24. The second-order valence-corrected chi connectivity index (χ2v) is 13.3. The standard InChI is InChI=1S/C35H62O7/c1-3-4-5-6-7-8-12-15-18-29(37)31-20-22-33(41-31)34-23-21-32(42-34)30(38)19-16-13-10-9-11-14-17-28(36)25-27-24-26(2)40-35(27)39/h24,26,28-34,36-38H,3-23,25H2,1-2H3/t26-,28+,29?,30?,31?,32?,33?,34?/m1/s1. The quantitative estimate of drug-likeness (QED) is 0.0858. The summed E-state index contributed by atoms with van der Waals surface area (Å²) in [5.74, 6) is -0.290. The highest BCUT2D eigenvalue weighted by Crippen LogP contribution is 2.34. The Balaban J connectivity index is 1.16. The number of carbonyl (C=O) groups excluding carboxylic acids is 1. The molecule has 42 heavy (non-hydrogen) atoms. The molecule has 0 bridgehead atoms. The van der Waals surface area contributed by atoms with Gasteiger partial charge in [-0.3, -0.25) is 0 Å². The first-order valence-corrected chi connectivity index (χ1v) is 17.6. The fourth-order valence-electron chi connectivity index (χ4n) is 6.93. The fourth-order valence-corrected chi connectivity index (χ4v) is 6.93. The van der Waals surface area contributed by atoms with Crippen LogP contribution < -0.4 is 0 Å². The van der Waals surface area contributed by atoms with E-state index in [2.05, 4.69) is 6.92 Å². The smallest absolute Gasteiger partial charge is 0.334 e. The molecule has 3 aliphatic rings. The molecule has 3 N–H and O–H groups in total. The van der Waals surface area contributed by atoms with E-state index in [1.807, 2.05) is 6.92 Å². The van der Waals surface area contributed by atoms with Crippen molar-refractivity contribution < 1.29 is 34.3 Å². The van der Waals surface area contributed by atoms with Crippen LogP contribution in [0.2, 0.25) is 0 Å². The summed E-state index contributed by atoms with van der Waals surface area (Å²) in [6.45, 7) is 4.08. The maximum atomic E-state index is 11.7. The number of aliphatic hydroxyl groups is 3. The summed E-state index contributed by atoms with van der Waals surface area (Å²) >= 11 is 0. The van der Waals surface area contributed by atoms with E-state index in [4.69, 9.17) is 14.2 Å². The molecule has 7 nitrogen and oxygen atoms in total. The molecule has 3 heterocycles. The summed E-state index contributed by atoms with van der Waals surface area (Å²) < 4.78 is 17.6. The van der Waals surface area contributed by atoms with Gasteiger partial charge < -0.3 is 29.5 Å². The van der Waals surface area contributed by atoms with E-state index in [1.54, 1.807) is 6.08 Å². The van der Waals surface area contributed by atoms with Gasteiger partial charge in [0.1, 0.15) is 6.10 Å². The van der Waals surface area contributed by atoms with Crippen molar-refractivity contribution in [1.82, 2.24) is 0 Å². The van der Waals surface area contributed by atoms with E-state index in [0.717, 1.165) is 83.5 Å². The number of cyclic esters (lactones) is 1. The van der Waals surface area contributed by atoms with Gasteiger partial charge in [-0.05, 0) is 57.9 Å². The van der Waals surface area contributed by atoms with Crippen LogP contribution in [0, 0.1) is 0 Å². The number of rotatable bonds is 23. The van der Waals surface area contributed by atoms with Gasteiger partial charge in [-0.25, -0.2) is 4.79 Å². The van der Waals surface area contributed by atoms with Gasteiger partial charge in [-0.1, -0.05) is 96.8 Å². The molecule has 8 atom stereocenters. The zero-order chi connectivity index (χ0) is 30.2. The van der Waals surface area contributed by atoms with Crippen molar-refractivity contribution in [3.05, 3.63) is 11.6 Å². The monoisotopic (exact) mass is 594 g/mol. The first-order chi connectivity index (χ1) is 20.4. The predicted octanol–water partition coefficient (Wildman–Crippen LogP) is 7.08. The third-order valence-corrected chi connectivity index (χ3v) is 9.53. The molecule has 6 unspecified atom stereocenters. The average Bonchev–Trinajstić information content (AvgIpc) is 3.72.